The number of H-pyrrole nitrogens is 1. The van der Waals surface area contributed by atoms with E-state index in [-0.39, 0.29) is 5.91 Å². The fourth-order valence-electron chi connectivity index (χ4n) is 1.57. The number of hydrogen-bond donors (Lipinski definition) is 2. The summed E-state index contributed by atoms with van der Waals surface area (Å²) in [5, 5.41) is 12.5. The van der Waals surface area contributed by atoms with Crippen molar-refractivity contribution in [3.63, 3.8) is 0 Å². The second kappa shape index (κ2) is 4.21. The molecule has 0 aromatic carbocycles. The van der Waals surface area contributed by atoms with E-state index in [1.54, 1.807) is 0 Å². The van der Waals surface area contributed by atoms with E-state index in [9.17, 15) is 4.79 Å². The molecule has 1 aliphatic carbocycles. The molecule has 0 atom stereocenters. The number of carbonyl (C=O) groups excluding carboxylic acids is 1. The molecule has 5 heteroatoms. The molecular formula is C9H14N4O. The Kier molecular flexibility index (Phi) is 2.76. The lowest BCUT2D eigenvalue weighted by Gasteiger charge is -2.24. The van der Waals surface area contributed by atoms with Crippen LogP contribution in [0.3, 0.4) is 0 Å². The largest absolute Gasteiger partial charge is 0.351 e. The normalized spacial score (nSPS) is 16.3. The summed E-state index contributed by atoms with van der Waals surface area (Å²) in [5.41, 5.74) is 0.360. The second-order valence-electron chi connectivity index (χ2n) is 3.70. The molecule has 1 aromatic rings. The van der Waals surface area contributed by atoms with Crippen LogP contribution in [0.4, 0.5) is 0 Å². The van der Waals surface area contributed by atoms with Crippen molar-refractivity contribution in [2.24, 2.45) is 5.92 Å². The molecule has 1 aliphatic rings. The van der Waals surface area contributed by atoms with Gasteiger partial charge in [-0.2, -0.15) is 15.4 Å². The summed E-state index contributed by atoms with van der Waals surface area (Å²) in [5.74, 6) is 0.686. The monoisotopic (exact) mass is 194 g/mol. The Morgan fingerprint density at radius 2 is 2.50 bits per heavy atom. The van der Waals surface area contributed by atoms with Crippen LogP contribution >= 0.6 is 0 Å². The minimum absolute atomic E-state index is 0.141. The molecule has 76 valence electrons. The van der Waals surface area contributed by atoms with Gasteiger partial charge in [0.25, 0.3) is 5.91 Å². The van der Waals surface area contributed by atoms with Crippen LogP contribution in [0.5, 0.6) is 0 Å². The van der Waals surface area contributed by atoms with Crippen molar-refractivity contribution in [2.75, 3.05) is 6.54 Å². The molecule has 1 aromatic heterocycles. The van der Waals surface area contributed by atoms with E-state index in [1.165, 1.54) is 25.5 Å². The molecular weight excluding hydrogens is 180 g/mol. The van der Waals surface area contributed by atoms with E-state index in [4.69, 9.17) is 0 Å². The highest BCUT2D eigenvalue weighted by molar-refractivity contribution is 5.91. The van der Waals surface area contributed by atoms with Gasteiger partial charge < -0.3 is 5.32 Å². The van der Waals surface area contributed by atoms with Crippen LogP contribution in [0, 0.1) is 5.92 Å². The highest BCUT2D eigenvalue weighted by Crippen LogP contribution is 2.28. The van der Waals surface area contributed by atoms with Gasteiger partial charge in [0.05, 0.1) is 6.20 Å². The van der Waals surface area contributed by atoms with Crippen LogP contribution in [-0.2, 0) is 0 Å². The molecule has 1 fully saturated rings. The quantitative estimate of drug-likeness (QED) is 0.742. The van der Waals surface area contributed by atoms with E-state index in [0.29, 0.717) is 5.69 Å². The van der Waals surface area contributed by atoms with E-state index >= 15 is 0 Å². The molecule has 0 radical (unpaired) electrons. The number of nitrogens with one attached hydrogen (secondary N) is 2. The van der Waals surface area contributed by atoms with Gasteiger partial charge in [0, 0.05) is 6.54 Å². The molecule has 2 rings (SSSR count). The van der Waals surface area contributed by atoms with Gasteiger partial charge in [0.1, 0.15) is 0 Å². The number of amides is 1. The summed E-state index contributed by atoms with van der Waals surface area (Å²) in [6, 6.07) is 0. The summed E-state index contributed by atoms with van der Waals surface area (Å²) >= 11 is 0. The molecule has 1 saturated carbocycles. The maximum atomic E-state index is 11.4. The number of carbonyl (C=O) groups is 1. The first-order chi connectivity index (χ1) is 6.86. The molecule has 5 nitrogen and oxygen atoms in total. The molecule has 0 bridgehead atoms. The Morgan fingerprint density at radius 1 is 1.64 bits per heavy atom. The number of aromatic nitrogens is 3. The summed E-state index contributed by atoms with van der Waals surface area (Å²) < 4.78 is 0. The van der Waals surface area contributed by atoms with E-state index in [1.807, 2.05) is 0 Å². The Labute approximate surface area is 82.3 Å². The third-order valence-corrected chi connectivity index (χ3v) is 2.71. The van der Waals surface area contributed by atoms with Gasteiger partial charge in [0.2, 0.25) is 0 Å². The zero-order valence-electron chi connectivity index (χ0n) is 7.99. The van der Waals surface area contributed by atoms with Crippen LogP contribution in [0.1, 0.15) is 36.2 Å². The van der Waals surface area contributed by atoms with Crippen molar-refractivity contribution in [2.45, 2.75) is 25.7 Å². The van der Waals surface area contributed by atoms with E-state index < -0.39 is 0 Å². The average molecular weight is 194 g/mol. The molecule has 2 N–H and O–H groups in total. The van der Waals surface area contributed by atoms with Gasteiger partial charge in [-0.1, -0.05) is 19.3 Å². The summed E-state index contributed by atoms with van der Waals surface area (Å²) in [6.45, 7) is 0.746. The van der Waals surface area contributed by atoms with Gasteiger partial charge in [-0.3, -0.25) is 4.79 Å². The van der Waals surface area contributed by atoms with E-state index in [0.717, 1.165) is 18.9 Å². The highest BCUT2D eigenvalue weighted by Gasteiger charge is 2.17. The Bertz CT molecular complexity index is 292. The summed E-state index contributed by atoms with van der Waals surface area (Å²) in [6.07, 6.45) is 6.50. The molecule has 0 spiro atoms. The van der Waals surface area contributed by atoms with Crippen LogP contribution in [0.25, 0.3) is 0 Å². The molecule has 1 amide bonds. The van der Waals surface area contributed by atoms with Crippen molar-refractivity contribution in [1.29, 1.82) is 0 Å². The van der Waals surface area contributed by atoms with Gasteiger partial charge >= 0.3 is 0 Å². The molecule has 1 heterocycles. The van der Waals surface area contributed by atoms with Crippen molar-refractivity contribution < 1.29 is 4.79 Å². The van der Waals surface area contributed by atoms with Crippen molar-refractivity contribution in [1.82, 2.24) is 20.7 Å². The first kappa shape index (κ1) is 9.18. The smallest absolute Gasteiger partial charge is 0.273 e. The van der Waals surface area contributed by atoms with Crippen LogP contribution in [-0.4, -0.2) is 27.9 Å². The molecule has 0 aliphatic heterocycles. The summed E-state index contributed by atoms with van der Waals surface area (Å²) in [7, 11) is 0. The third-order valence-electron chi connectivity index (χ3n) is 2.71. The van der Waals surface area contributed by atoms with Gasteiger partial charge in [-0.05, 0) is 12.3 Å². The minimum Gasteiger partial charge on any atom is -0.351 e. The fourth-order valence-corrected chi connectivity index (χ4v) is 1.57. The van der Waals surface area contributed by atoms with Crippen LogP contribution in [0.2, 0.25) is 0 Å². The zero-order valence-corrected chi connectivity index (χ0v) is 7.99. The van der Waals surface area contributed by atoms with Crippen LogP contribution in [0.15, 0.2) is 6.20 Å². The number of rotatable bonds is 4. The Morgan fingerprint density at radius 3 is 3.07 bits per heavy atom. The first-order valence-corrected chi connectivity index (χ1v) is 5.00. The molecule has 0 saturated heterocycles. The predicted molar refractivity (Wildman–Crippen MR) is 50.7 cm³/mol. The van der Waals surface area contributed by atoms with Crippen molar-refractivity contribution in [3.8, 4) is 0 Å². The van der Waals surface area contributed by atoms with E-state index in [2.05, 4.69) is 20.7 Å². The first-order valence-electron chi connectivity index (χ1n) is 5.00. The lowest BCUT2D eigenvalue weighted by molar-refractivity contribution is 0.0944. The molecule has 0 unspecified atom stereocenters. The predicted octanol–water partition coefficient (Wildman–Crippen LogP) is 0.725. The third kappa shape index (κ3) is 2.10. The SMILES string of the molecule is O=C(NCCC1CCC1)c1cn[nH]n1. The maximum absolute atomic E-state index is 11.4. The lowest BCUT2D eigenvalue weighted by atomic mass is 9.83. The number of aromatic amines is 1. The second-order valence-corrected chi connectivity index (χ2v) is 3.70. The van der Waals surface area contributed by atoms with Crippen LogP contribution < -0.4 is 5.32 Å². The highest BCUT2D eigenvalue weighted by atomic mass is 16.1. The number of hydrogen-bond acceptors (Lipinski definition) is 3. The van der Waals surface area contributed by atoms with Gasteiger partial charge in [-0.25, -0.2) is 0 Å². The van der Waals surface area contributed by atoms with Crippen molar-refractivity contribution >= 4 is 5.91 Å². The molecule has 14 heavy (non-hydrogen) atoms. The number of nitrogens with zero attached hydrogens (tertiary/aromatic N) is 2. The van der Waals surface area contributed by atoms with Crippen molar-refractivity contribution in [3.05, 3.63) is 11.9 Å². The summed E-state index contributed by atoms with van der Waals surface area (Å²) in [4.78, 5) is 11.4. The Hall–Kier alpha value is -1.39. The van der Waals surface area contributed by atoms with Gasteiger partial charge in [-0.15, -0.1) is 0 Å². The minimum atomic E-state index is -0.141. The fraction of sp³-hybridized carbons (Fsp3) is 0.667. The standard InChI is InChI=1S/C9H14N4O/c14-9(8-6-11-13-12-8)10-5-4-7-2-1-3-7/h6-7H,1-5H2,(H,10,14)(H,11,12,13). The topological polar surface area (TPSA) is 70.7 Å². The average Bonchev–Trinajstić information content (AvgIpc) is 2.61. The Balaban J connectivity index is 1.67. The zero-order chi connectivity index (χ0) is 9.80. The van der Waals surface area contributed by atoms with Gasteiger partial charge in [0.15, 0.2) is 5.69 Å². The maximum Gasteiger partial charge on any atom is 0.273 e. The lowest BCUT2D eigenvalue weighted by Crippen LogP contribution is -2.27.